The van der Waals surface area contributed by atoms with E-state index in [4.69, 9.17) is 9.47 Å². The quantitative estimate of drug-likeness (QED) is 0.414. The number of carbonyl (C=O) groups is 1. The van der Waals surface area contributed by atoms with Crippen LogP contribution < -0.4 is 5.32 Å². The van der Waals surface area contributed by atoms with Gasteiger partial charge in [-0.15, -0.1) is 0 Å². The van der Waals surface area contributed by atoms with Gasteiger partial charge in [0.25, 0.3) is 5.91 Å². The predicted octanol–water partition coefficient (Wildman–Crippen LogP) is 1.88. The normalized spacial score (nSPS) is 10.3. The Morgan fingerprint density at radius 1 is 1.06 bits per heavy atom. The van der Waals surface area contributed by atoms with Gasteiger partial charge in [0.1, 0.15) is 0 Å². The molecule has 1 aromatic rings. The monoisotopic (exact) mass is 363 g/mol. The van der Waals surface area contributed by atoms with Crippen molar-refractivity contribution >= 4 is 28.5 Å². The number of benzene rings is 1. The molecule has 0 bridgehead atoms. The Bertz CT molecular complexity index is 332. The van der Waals surface area contributed by atoms with Crippen molar-refractivity contribution in [3.63, 3.8) is 0 Å². The fraction of sp³-hybridized carbons (Fsp3) is 0.462. The smallest absolute Gasteiger partial charge is 0.251 e. The van der Waals surface area contributed by atoms with Crippen LogP contribution in [0.5, 0.6) is 0 Å². The van der Waals surface area contributed by atoms with Crippen LogP contribution in [0.1, 0.15) is 10.4 Å². The number of hydrogen-bond acceptors (Lipinski definition) is 3. The van der Waals surface area contributed by atoms with E-state index in [0.717, 1.165) is 11.0 Å². The van der Waals surface area contributed by atoms with E-state index in [1.807, 2.05) is 18.2 Å². The molecule has 0 heterocycles. The summed E-state index contributed by atoms with van der Waals surface area (Å²) in [5.74, 6) is -0.0691. The zero-order chi connectivity index (χ0) is 13.1. The second-order valence-electron chi connectivity index (χ2n) is 3.54. The fourth-order valence-corrected chi connectivity index (χ4v) is 1.62. The van der Waals surface area contributed by atoms with Crippen molar-refractivity contribution in [3.8, 4) is 0 Å². The molecule has 1 amide bonds. The largest absolute Gasteiger partial charge is 0.378 e. The number of ether oxygens (including phenoxy) is 2. The van der Waals surface area contributed by atoms with E-state index in [0.29, 0.717) is 31.9 Å². The average Bonchev–Trinajstić information content (AvgIpc) is 2.42. The Hall–Kier alpha value is -0.660. The van der Waals surface area contributed by atoms with Crippen molar-refractivity contribution in [1.82, 2.24) is 5.32 Å². The van der Waals surface area contributed by atoms with Gasteiger partial charge in [0.2, 0.25) is 0 Å². The summed E-state index contributed by atoms with van der Waals surface area (Å²) in [6, 6.07) is 9.14. The number of alkyl halides is 1. The molecule has 0 spiro atoms. The van der Waals surface area contributed by atoms with Crippen molar-refractivity contribution in [3.05, 3.63) is 35.9 Å². The molecule has 18 heavy (non-hydrogen) atoms. The number of hydrogen-bond donors (Lipinski definition) is 1. The summed E-state index contributed by atoms with van der Waals surface area (Å²) in [5.41, 5.74) is 0.669. The summed E-state index contributed by atoms with van der Waals surface area (Å²) >= 11 is 2.26. The van der Waals surface area contributed by atoms with E-state index in [9.17, 15) is 4.79 Å². The Morgan fingerprint density at radius 3 is 2.39 bits per heavy atom. The molecule has 0 aliphatic heterocycles. The number of halogens is 1. The van der Waals surface area contributed by atoms with Crippen LogP contribution in [-0.2, 0) is 9.47 Å². The van der Waals surface area contributed by atoms with Crippen molar-refractivity contribution in [2.75, 3.05) is 37.4 Å². The minimum atomic E-state index is -0.0691. The van der Waals surface area contributed by atoms with E-state index in [1.165, 1.54) is 0 Å². The zero-order valence-corrected chi connectivity index (χ0v) is 12.4. The molecule has 1 rings (SSSR count). The lowest BCUT2D eigenvalue weighted by atomic mass is 10.2. The molecule has 0 fully saturated rings. The van der Waals surface area contributed by atoms with Gasteiger partial charge in [-0.2, -0.15) is 0 Å². The second kappa shape index (κ2) is 10.3. The van der Waals surface area contributed by atoms with Gasteiger partial charge in [-0.25, -0.2) is 0 Å². The fourth-order valence-electron chi connectivity index (χ4n) is 1.30. The molecular weight excluding hydrogens is 345 g/mol. The van der Waals surface area contributed by atoms with Gasteiger partial charge >= 0.3 is 0 Å². The van der Waals surface area contributed by atoms with Gasteiger partial charge in [-0.1, -0.05) is 40.8 Å². The van der Waals surface area contributed by atoms with E-state index in [-0.39, 0.29) is 5.91 Å². The van der Waals surface area contributed by atoms with Crippen LogP contribution in [0.15, 0.2) is 30.3 Å². The molecular formula is C13H18INO3. The van der Waals surface area contributed by atoms with Gasteiger partial charge in [0, 0.05) is 16.5 Å². The lowest BCUT2D eigenvalue weighted by molar-refractivity contribution is 0.0546. The van der Waals surface area contributed by atoms with Crippen molar-refractivity contribution in [2.45, 2.75) is 0 Å². The first-order chi connectivity index (χ1) is 8.84. The maximum absolute atomic E-state index is 11.6. The topological polar surface area (TPSA) is 47.6 Å². The second-order valence-corrected chi connectivity index (χ2v) is 4.61. The third-order valence-corrected chi connectivity index (χ3v) is 2.60. The molecule has 4 nitrogen and oxygen atoms in total. The van der Waals surface area contributed by atoms with Crippen LogP contribution in [0.25, 0.3) is 0 Å². The van der Waals surface area contributed by atoms with Crippen LogP contribution in [0.3, 0.4) is 0 Å². The minimum absolute atomic E-state index is 0.0691. The molecule has 0 aliphatic carbocycles. The van der Waals surface area contributed by atoms with Crippen molar-refractivity contribution in [1.29, 1.82) is 0 Å². The molecule has 100 valence electrons. The van der Waals surface area contributed by atoms with Crippen LogP contribution in [0, 0.1) is 0 Å². The van der Waals surface area contributed by atoms with Crippen LogP contribution in [0.4, 0.5) is 0 Å². The average molecular weight is 363 g/mol. The van der Waals surface area contributed by atoms with Crippen LogP contribution >= 0.6 is 22.6 Å². The highest BCUT2D eigenvalue weighted by Gasteiger charge is 2.02. The lowest BCUT2D eigenvalue weighted by Gasteiger charge is -2.06. The Kier molecular flexibility index (Phi) is 8.79. The summed E-state index contributed by atoms with van der Waals surface area (Å²) in [4.78, 5) is 11.6. The minimum Gasteiger partial charge on any atom is -0.378 e. The third kappa shape index (κ3) is 6.93. The SMILES string of the molecule is O=C(NCCOCCOCCI)c1ccccc1. The Balaban J connectivity index is 2.00. The van der Waals surface area contributed by atoms with Crippen molar-refractivity contribution < 1.29 is 14.3 Å². The van der Waals surface area contributed by atoms with E-state index >= 15 is 0 Å². The first-order valence-electron chi connectivity index (χ1n) is 5.89. The third-order valence-electron chi connectivity index (χ3n) is 2.16. The Morgan fingerprint density at radius 2 is 1.72 bits per heavy atom. The van der Waals surface area contributed by atoms with Gasteiger partial charge in [-0.05, 0) is 12.1 Å². The Labute approximate surface area is 121 Å². The first kappa shape index (κ1) is 15.4. The molecule has 0 unspecified atom stereocenters. The van der Waals surface area contributed by atoms with Gasteiger partial charge < -0.3 is 14.8 Å². The summed E-state index contributed by atoms with van der Waals surface area (Å²) in [5, 5.41) is 2.80. The predicted molar refractivity (Wildman–Crippen MR) is 79.3 cm³/mol. The molecule has 5 heteroatoms. The highest BCUT2D eigenvalue weighted by Crippen LogP contribution is 1.97. The summed E-state index contributed by atoms with van der Waals surface area (Å²) < 4.78 is 11.6. The number of amides is 1. The van der Waals surface area contributed by atoms with Crippen LogP contribution in [-0.4, -0.2) is 43.3 Å². The maximum Gasteiger partial charge on any atom is 0.251 e. The van der Waals surface area contributed by atoms with E-state index in [1.54, 1.807) is 12.1 Å². The molecule has 0 radical (unpaired) electrons. The van der Waals surface area contributed by atoms with Gasteiger partial charge in [0.15, 0.2) is 0 Å². The highest BCUT2D eigenvalue weighted by molar-refractivity contribution is 14.1. The molecule has 0 saturated heterocycles. The zero-order valence-electron chi connectivity index (χ0n) is 10.2. The lowest BCUT2D eigenvalue weighted by Crippen LogP contribution is -2.27. The van der Waals surface area contributed by atoms with E-state index < -0.39 is 0 Å². The summed E-state index contributed by atoms with van der Waals surface area (Å²) in [6.45, 7) is 2.95. The van der Waals surface area contributed by atoms with Gasteiger partial charge in [0.05, 0.1) is 26.4 Å². The summed E-state index contributed by atoms with van der Waals surface area (Å²) in [7, 11) is 0. The molecule has 0 aliphatic rings. The summed E-state index contributed by atoms with van der Waals surface area (Å²) in [6.07, 6.45) is 0. The number of carbonyl (C=O) groups excluding carboxylic acids is 1. The molecule has 0 aromatic heterocycles. The highest BCUT2D eigenvalue weighted by atomic mass is 127. The molecule has 1 N–H and O–H groups in total. The van der Waals surface area contributed by atoms with Crippen LogP contribution in [0.2, 0.25) is 0 Å². The van der Waals surface area contributed by atoms with E-state index in [2.05, 4.69) is 27.9 Å². The molecule has 0 saturated carbocycles. The number of nitrogens with one attached hydrogen (secondary N) is 1. The van der Waals surface area contributed by atoms with Crippen molar-refractivity contribution in [2.24, 2.45) is 0 Å². The number of rotatable bonds is 9. The standard InChI is InChI=1S/C13H18INO3/c14-6-8-17-10-11-18-9-7-15-13(16)12-4-2-1-3-5-12/h1-5H,6-11H2,(H,15,16). The maximum atomic E-state index is 11.6. The van der Waals surface area contributed by atoms with Gasteiger partial charge in [-0.3, -0.25) is 4.79 Å². The molecule has 1 aromatic carbocycles. The first-order valence-corrected chi connectivity index (χ1v) is 7.42. The molecule has 0 atom stereocenters.